The van der Waals surface area contributed by atoms with Crippen molar-refractivity contribution in [3.8, 4) is 23.3 Å². The van der Waals surface area contributed by atoms with Crippen LogP contribution in [0.3, 0.4) is 0 Å². The fourth-order valence-electron chi connectivity index (χ4n) is 1.37. The number of hydrogen-bond donors (Lipinski definition) is 0. The van der Waals surface area contributed by atoms with Gasteiger partial charge >= 0.3 is 0 Å². The predicted molar refractivity (Wildman–Crippen MR) is 84.7 cm³/mol. The lowest BCUT2D eigenvalue weighted by atomic mass is 10.2. The maximum absolute atomic E-state index is 4.31. The molecule has 2 heterocycles. The van der Waals surface area contributed by atoms with Crippen LogP contribution >= 0.6 is 0 Å². The van der Waals surface area contributed by atoms with Crippen LogP contribution in [0.15, 0.2) is 42.7 Å². The standard InChI is InChI=1S/C17H16N2Si/c1-20(2,3)13-11-15-7-8-17(19-14-15)10-9-16-6-4-5-12-18-16/h4-8,12,14H,1-3H3. The smallest absolute Gasteiger partial charge is 0.129 e. The van der Waals surface area contributed by atoms with Gasteiger partial charge in [0.2, 0.25) is 0 Å². The summed E-state index contributed by atoms with van der Waals surface area (Å²) in [6, 6.07) is 9.52. The Balaban J connectivity index is 2.13. The Labute approximate surface area is 121 Å². The first-order valence-corrected chi connectivity index (χ1v) is 9.95. The largest absolute Gasteiger partial charge is 0.248 e. The molecule has 0 aliphatic rings. The minimum absolute atomic E-state index is 0.731. The molecule has 0 unspecified atom stereocenters. The second-order valence-electron chi connectivity index (χ2n) is 5.40. The molecule has 2 aromatic rings. The molecular weight excluding hydrogens is 260 g/mol. The van der Waals surface area contributed by atoms with E-state index in [0.29, 0.717) is 0 Å². The highest BCUT2D eigenvalue weighted by molar-refractivity contribution is 6.83. The van der Waals surface area contributed by atoms with Gasteiger partial charge < -0.3 is 0 Å². The highest BCUT2D eigenvalue weighted by Crippen LogP contribution is 2.01. The summed E-state index contributed by atoms with van der Waals surface area (Å²) < 4.78 is 0. The second-order valence-corrected chi connectivity index (χ2v) is 10.1. The third kappa shape index (κ3) is 4.72. The summed E-state index contributed by atoms with van der Waals surface area (Å²) in [5.74, 6) is 9.16. The molecule has 0 N–H and O–H groups in total. The van der Waals surface area contributed by atoms with Gasteiger partial charge in [0.05, 0.1) is 0 Å². The van der Waals surface area contributed by atoms with Crippen LogP contribution in [-0.4, -0.2) is 18.0 Å². The van der Waals surface area contributed by atoms with E-state index in [1.54, 1.807) is 12.4 Å². The Morgan fingerprint density at radius 2 is 1.60 bits per heavy atom. The average molecular weight is 276 g/mol. The normalized spacial score (nSPS) is 9.95. The molecule has 98 valence electrons. The van der Waals surface area contributed by atoms with Crippen molar-refractivity contribution in [2.24, 2.45) is 0 Å². The van der Waals surface area contributed by atoms with E-state index in [2.05, 4.69) is 52.9 Å². The van der Waals surface area contributed by atoms with Gasteiger partial charge in [0, 0.05) is 18.0 Å². The van der Waals surface area contributed by atoms with Crippen molar-refractivity contribution in [1.82, 2.24) is 9.97 Å². The lowest BCUT2D eigenvalue weighted by molar-refractivity contribution is 1.26. The van der Waals surface area contributed by atoms with Crippen molar-refractivity contribution >= 4 is 8.07 Å². The Bertz CT molecular complexity index is 690. The first-order valence-electron chi connectivity index (χ1n) is 6.45. The summed E-state index contributed by atoms with van der Waals surface area (Å²) >= 11 is 0. The van der Waals surface area contributed by atoms with E-state index in [-0.39, 0.29) is 0 Å². The summed E-state index contributed by atoms with van der Waals surface area (Å²) in [6.07, 6.45) is 3.50. The third-order valence-electron chi connectivity index (χ3n) is 2.33. The van der Waals surface area contributed by atoms with Gasteiger partial charge in [0.1, 0.15) is 19.5 Å². The van der Waals surface area contributed by atoms with E-state index in [0.717, 1.165) is 17.0 Å². The van der Waals surface area contributed by atoms with Crippen molar-refractivity contribution in [2.75, 3.05) is 0 Å². The van der Waals surface area contributed by atoms with Crippen LogP contribution in [0.2, 0.25) is 19.6 Å². The molecule has 0 bridgehead atoms. The van der Waals surface area contributed by atoms with E-state index in [1.807, 2.05) is 30.3 Å². The fourth-order valence-corrected chi connectivity index (χ4v) is 1.89. The number of aromatic nitrogens is 2. The van der Waals surface area contributed by atoms with Crippen LogP contribution in [0.4, 0.5) is 0 Å². The molecule has 2 aromatic heterocycles. The predicted octanol–water partition coefficient (Wildman–Crippen LogP) is 3.11. The maximum atomic E-state index is 4.31. The molecule has 0 saturated carbocycles. The molecule has 0 aliphatic heterocycles. The van der Waals surface area contributed by atoms with Crippen molar-refractivity contribution in [2.45, 2.75) is 19.6 Å². The van der Waals surface area contributed by atoms with Gasteiger partial charge in [0.25, 0.3) is 0 Å². The van der Waals surface area contributed by atoms with E-state index in [9.17, 15) is 0 Å². The van der Waals surface area contributed by atoms with E-state index >= 15 is 0 Å². The second kappa shape index (κ2) is 6.19. The van der Waals surface area contributed by atoms with Gasteiger partial charge in [-0.05, 0) is 36.1 Å². The summed E-state index contributed by atoms with van der Waals surface area (Å²) in [6.45, 7) is 6.67. The Morgan fingerprint density at radius 1 is 0.850 bits per heavy atom. The van der Waals surface area contributed by atoms with Crippen LogP contribution < -0.4 is 0 Å². The third-order valence-corrected chi connectivity index (χ3v) is 3.20. The van der Waals surface area contributed by atoms with E-state index < -0.39 is 8.07 Å². The summed E-state index contributed by atoms with van der Waals surface area (Å²) in [5.41, 5.74) is 5.74. The highest BCUT2D eigenvalue weighted by Gasteiger charge is 2.07. The Morgan fingerprint density at radius 3 is 2.15 bits per heavy atom. The number of hydrogen-bond acceptors (Lipinski definition) is 2. The molecule has 2 nitrogen and oxygen atoms in total. The van der Waals surface area contributed by atoms with Gasteiger partial charge in [-0.2, -0.15) is 0 Å². The molecular formula is C17H16N2Si. The van der Waals surface area contributed by atoms with E-state index in [1.165, 1.54) is 0 Å². The molecule has 0 atom stereocenters. The van der Waals surface area contributed by atoms with Gasteiger partial charge in [-0.1, -0.05) is 31.6 Å². The highest BCUT2D eigenvalue weighted by atomic mass is 28.3. The zero-order chi connectivity index (χ0) is 14.4. The van der Waals surface area contributed by atoms with Crippen molar-refractivity contribution in [3.05, 3.63) is 59.7 Å². The summed E-state index contributed by atoms with van der Waals surface area (Å²) in [7, 11) is -1.34. The van der Waals surface area contributed by atoms with Gasteiger partial charge in [-0.3, -0.25) is 0 Å². The SMILES string of the molecule is C[Si](C)(C)C#Cc1ccc(C#Cc2ccccn2)nc1. The first-order chi connectivity index (χ1) is 9.53. The van der Waals surface area contributed by atoms with Gasteiger partial charge in [-0.25, -0.2) is 9.97 Å². The van der Waals surface area contributed by atoms with Crippen LogP contribution in [0.25, 0.3) is 0 Å². The van der Waals surface area contributed by atoms with Gasteiger partial charge in [0.15, 0.2) is 0 Å². The monoisotopic (exact) mass is 276 g/mol. The average Bonchev–Trinajstić information content (AvgIpc) is 2.44. The zero-order valence-electron chi connectivity index (χ0n) is 11.9. The zero-order valence-corrected chi connectivity index (χ0v) is 12.9. The molecule has 0 radical (unpaired) electrons. The minimum Gasteiger partial charge on any atom is -0.248 e. The molecule has 2 rings (SSSR count). The molecule has 0 amide bonds. The van der Waals surface area contributed by atoms with Crippen molar-refractivity contribution in [3.63, 3.8) is 0 Å². The Hall–Kier alpha value is -2.36. The van der Waals surface area contributed by atoms with Crippen LogP contribution in [-0.2, 0) is 0 Å². The van der Waals surface area contributed by atoms with Crippen LogP contribution in [0, 0.1) is 23.3 Å². The quantitative estimate of drug-likeness (QED) is 0.546. The number of nitrogens with zero attached hydrogens (tertiary/aromatic N) is 2. The number of pyridine rings is 2. The van der Waals surface area contributed by atoms with Crippen LogP contribution in [0.1, 0.15) is 17.0 Å². The molecule has 20 heavy (non-hydrogen) atoms. The maximum Gasteiger partial charge on any atom is 0.129 e. The molecule has 0 aromatic carbocycles. The molecule has 0 spiro atoms. The Kier molecular flexibility index (Phi) is 4.35. The molecule has 3 heteroatoms. The fraction of sp³-hybridized carbons (Fsp3) is 0.176. The lowest BCUT2D eigenvalue weighted by Gasteiger charge is -2.03. The van der Waals surface area contributed by atoms with Crippen molar-refractivity contribution < 1.29 is 0 Å². The number of rotatable bonds is 0. The topological polar surface area (TPSA) is 25.8 Å². The lowest BCUT2D eigenvalue weighted by Crippen LogP contribution is -2.16. The molecule has 0 fully saturated rings. The van der Waals surface area contributed by atoms with E-state index in [4.69, 9.17) is 0 Å². The first kappa shape index (κ1) is 14.1. The van der Waals surface area contributed by atoms with Crippen LogP contribution in [0.5, 0.6) is 0 Å². The summed E-state index contributed by atoms with van der Waals surface area (Å²) in [5, 5.41) is 0. The van der Waals surface area contributed by atoms with Gasteiger partial charge in [-0.15, -0.1) is 5.54 Å². The summed E-state index contributed by atoms with van der Waals surface area (Å²) in [4.78, 5) is 8.45. The van der Waals surface area contributed by atoms with Crippen molar-refractivity contribution in [1.29, 1.82) is 0 Å². The molecule has 0 aliphatic carbocycles. The molecule has 0 saturated heterocycles. The minimum atomic E-state index is -1.34.